The maximum Gasteiger partial charge on any atom is 0.255 e. The number of likely N-dealkylation sites (tertiary alicyclic amines) is 1. The fourth-order valence-electron chi connectivity index (χ4n) is 2.02. The third-order valence-electron chi connectivity index (χ3n) is 2.92. The number of nitrogens with zero attached hydrogens (tertiary/aromatic N) is 1. The average Bonchev–Trinajstić information content (AvgIpc) is 2.64. The fraction of sp³-hybridized carbons (Fsp3) is 0.417. The van der Waals surface area contributed by atoms with Crippen molar-refractivity contribution in [2.24, 2.45) is 0 Å². The van der Waals surface area contributed by atoms with Crippen molar-refractivity contribution in [3.05, 3.63) is 34.3 Å². The minimum atomic E-state index is 0.146. The van der Waals surface area contributed by atoms with Crippen molar-refractivity contribution >= 4 is 21.8 Å². The standard InChI is InChI=1S/C12H14BrNO/c1-9-5-4-8-14(9)12(15)10-6-2-3-7-11(10)13/h2-3,6-7,9H,4-5,8H2,1H3/t9-/m1/s1. The summed E-state index contributed by atoms with van der Waals surface area (Å²) in [5.41, 5.74) is 0.770. The molecule has 1 aliphatic rings. The zero-order valence-corrected chi connectivity index (χ0v) is 10.3. The van der Waals surface area contributed by atoms with Crippen molar-refractivity contribution < 1.29 is 4.79 Å². The maximum atomic E-state index is 12.2. The van der Waals surface area contributed by atoms with Gasteiger partial charge < -0.3 is 4.90 Å². The number of hydrogen-bond acceptors (Lipinski definition) is 1. The van der Waals surface area contributed by atoms with E-state index in [4.69, 9.17) is 0 Å². The van der Waals surface area contributed by atoms with E-state index < -0.39 is 0 Å². The molecule has 80 valence electrons. The van der Waals surface area contributed by atoms with Crippen LogP contribution in [-0.2, 0) is 0 Å². The van der Waals surface area contributed by atoms with Crippen LogP contribution in [-0.4, -0.2) is 23.4 Å². The summed E-state index contributed by atoms with van der Waals surface area (Å²) in [6, 6.07) is 7.99. The molecule has 1 aromatic carbocycles. The van der Waals surface area contributed by atoms with Crippen molar-refractivity contribution in [1.29, 1.82) is 0 Å². The number of hydrogen-bond donors (Lipinski definition) is 0. The molecule has 1 aliphatic heterocycles. The molecule has 0 spiro atoms. The lowest BCUT2D eigenvalue weighted by atomic mass is 10.2. The van der Waals surface area contributed by atoms with E-state index in [1.807, 2.05) is 29.2 Å². The summed E-state index contributed by atoms with van der Waals surface area (Å²) >= 11 is 3.42. The van der Waals surface area contributed by atoms with Crippen LogP contribution >= 0.6 is 15.9 Å². The minimum Gasteiger partial charge on any atom is -0.336 e. The molecule has 0 bridgehead atoms. The lowest BCUT2D eigenvalue weighted by Gasteiger charge is -2.21. The third kappa shape index (κ3) is 2.07. The van der Waals surface area contributed by atoms with Crippen LogP contribution in [0.3, 0.4) is 0 Å². The van der Waals surface area contributed by atoms with E-state index in [-0.39, 0.29) is 5.91 Å². The molecule has 3 heteroatoms. The van der Waals surface area contributed by atoms with Gasteiger partial charge in [-0.05, 0) is 47.8 Å². The van der Waals surface area contributed by atoms with Crippen LogP contribution < -0.4 is 0 Å². The summed E-state index contributed by atoms with van der Waals surface area (Å²) in [6.07, 6.45) is 2.24. The molecule has 15 heavy (non-hydrogen) atoms. The van der Waals surface area contributed by atoms with Crippen LogP contribution in [0.1, 0.15) is 30.1 Å². The van der Waals surface area contributed by atoms with Gasteiger partial charge in [0.15, 0.2) is 0 Å². The first-order chi connectivity index (χ1) is 7.20. The summed E-state index contributed by atoms with van der Waals surface area (Å²) in [6.45, 7) is 3.00. The average molecular weight is 268 g/mol. The van der Waals surface area contributed by atoms with E-state index in [2.05, 4.69) is 22.9 Å². The molecule has 0 unspecified atom stereocenters. The van der Waals surface area contributed by atoms with Crippen molar-refractivity contribution in [2.45, 2.75) is 25.8 Å². The van der Waals surface area contributed by atoms with Crippen LogP contribution in [0.2, 0.25) is 0 Å². The predicted molar refractivity (Wildman–Crippen MR) is 63.9 cm³/mol. The molecule has 2 rings (SSSR count). The van der Waals surface area contributed by atoms with Crippen molar-refractivity contribution in [2.75, 3.05) is 6.54 Å². The molecule has 1 atom stereocenters. The Morgan fingerprint density at radius 3 is 2.80 bits per heavy atom. The van der Waals surface area contributed by atoms with Gasteiger partial charge in [-0.1, -0.05) is 12.1 Å². The van der Waals surface area contributed by atoms with Gasteiger partial charge >= 0.3 is 0 Å². The predicted octanol–water partition coefficient (Wildman–Crippen LogP) is 3.07. The number of benzene rings is 1. The first-order valence-corrected chi connectivity index (χ1v) is 6.05. The summed E-state index contributed by atoms with van der Waals surface area (Å²) in [5, 5.41) is 0. The highest BCUT2D eigenvalue weighted by molar-refractivity contribution is 9.10. The minimum absolute atomic E-state index is 0.146. The molecule has 0 saturated carbocycles. The Balaban J connectivity index is 2.24. The molecule has 0 aliphatic carbocycles. The van der Waals surface area contributed by atoms with Gasteiger partial charge in [0.05, 0.1) is 5.56 Å². The second-order valence-corrected chi connectivity index (χ2v) is 4.82. The Labute approximate surface area is 98.4 Å². The van der Waals surface area contributed by atoms with Crippen LogP contribution in [0.4, 0.5) is 0 Å². The van der Waals surface area contributed by atoms with Gasteiger partial charge in [-0.25, -0.2) is 0 Å². The normalized spacial score (nSPS) is 20.7. The molecule has 1 aromatic rings. The van der Waals surface area contributed by atoms with Crippen LogP contribution in [0, 0.1) is 0 Å². The van der Waals surface area contributed by atoms with Crippen LogP contribution in [0.5, 0.6) is 0 Å². The van der Waals surface area contributed by atoms with E-state index in [1.54, 1.807) is 0 Å². The van der Waals surface area contributed by atoms with Crippen molar-refractivity contribution in [1.82, 2.24) is 4.90 Å². The fourth-order valence-corrected chi connectivity index (χ4v) is 2.48. The molecule has 0 N–H and O–H groups in total. The molecular formula is C12H14BrNO. The number of halogens is 1. The number of carbonyl (C=O) groups excluding carboxylic acids is 1. The van der Waals surface area contributed by atoms with Gasteiger partial charge in [0, 0.05) is 17.1 Å². The van der Waals surface area contributed by atoms with Crippen LogP contribution in [0.25, 0.3) is 0 Å². The second kappa shape index (κ2) is 4.35. The highest BCUT2D eigenvalue weighted by Gasteiger charge is 2.26. The Bertz CT molecular complexity index is 378. The first-order valence-electron chi connectivity index (χ1n) is 5.25. The van der Waals surface area contributed by atoms with E-state index in [0.717, 1.165) is 29.4 Å². The quantitative estimate of drug-likeness (QED) is 0.766. The maximum absolute atomic E-state index is 12.2. The molecule has 0 radical (unpaired) electrons. The molecule has 2 nitrogen and oxygen atoms in total. The van der Waals surface area contributed by atoms with Crippen molar-refractivity contribution in [3.63, 3.8) is 0 Å². The second-order valence-electron chi connectivity index (χ2n) is 3.97. The highest BCUT2D eigenvalue weighted by Crippen LogP contribution is 2.23. The van der Waals surface area contributed by atoms with E-state index in [0.29, 0.717) is 6.04 Å². The molecule has 1 amide bonds. The highest BCUT2D eigenvalue weighted by atomic mass is 79.9. The largest absolute Gasteiger partial charge is 0.336 e. The SMILES string of the molecule is C[C@@H]1CCCN1C(=O)c1ccccc1Br. The van der Waals surface area contributed by atoms with Crippen molar-refractivity contribution in [3.8, 4) is 0 Å². The van der Waals surface area contributed by atoms with Crippen LogP contribution in [0.15, 0.2) is 28.7 Å². The molecule has 1 fully saturated rings. The number of carbonyl (C=O) groups is 1. The van der Waals surface area contributed by atoms with Gasteiger partial charge in [-0.3, -0.25) is 4.79 Å². The Morgan fingerprint density at radius 1 is 1.47 bits per heavy atom. The Hall–Kier alpha value is -0.830. The third-order valence-corrected chi connectivity index (χ3v) is 3.61. The van der Waals surface area contributed by atoms with Gasteiger partial charge in [0.2, 0.25) is 0 Å². The molecule has 0 aromatic heterocycles. The lowest BCUT2D eigenvalue weighted by Crippen LogP contribution is -2.33. The zero-order valence-electron chi connectivity index (χ0n) is 8.74. The summed E-state index contributed by atoms with van der Waals surface area (Å²) < 4.78 is 0.883. The van der Waals surface area contributed by atoms with E-state index in [1.165, 1.54) is 0 Å². The van der Waals surface area contributed by atoms with E-state index >= 15 is 0 Å². The smallest absolute Gasteiger partial charge is 0.255 e. The number of rotatable bonds is 1. The van der Waals surface area contributed by atoms with Gasteiger partial charge in [-0.15, -0.1) is 0 Å². The molecule has 1 saturated heterocycles. The Kier molecular flexibility index (Phi) is 3.10. The summed E-state index contributed by atoms with van der Waals surface area (Å²) in [7, 11) is 0. The molecule has 1 heterocycles. The first kappa shape index (κ1) is 10.7. The summed E-state index contributed by atoms with van der Waals surface area (Å²) in [4.78, 5) is 14.1. The topological polar surface area (TPSA) is 20.3 Å². The summed E-state index contributed by atoms with van der Waals surface area (Å²) in [5.74, 6) is 0.146. The van der Waals surface area contributed by atoms with Gasteiger partial charge in [-0.2, -0.15) is 0 Å². The van der Waals surface area contributed by atoms with Gasteiger partial charge in [0.1, 0.15) is 0 Å². The Morgan fingerprint density at radius 2 is 2.20 bits per heavy atom. The van der Waals surface area contributed by atoms with E-state index in [9.17, 15) is 4.79 Å². The molecular weight excluding hydrogens is 254 g/mol. The lowest BCUT2D eigenvalue weighted by molar-refractivity contribution is 0.0746. The number of amides is 1. The zero-order chi connectivity index (χ0) is 10.8. The van der Waals surface area contributed by atoms with Gasteiger partial charge in [0.25, 0.3) is 5.91 Å². The monoisotopic (exact) mass is 267 g/mol.